The third-order valence-corrected chi connectivity index (χ3v) is 3.53. The topological polar surface area (TPSA) is 39.7 Å². The summed E-state index contributed by atoms with van der Waals surface area (Å²) in [5, 5.41) is 3.32. The molecule has 3 rings (SSSR count). The van der Waals surface area contributed by atoms with Gasteiger partial charge in [-0.25, -0.2) is 0 Å². The lowest BCUT2D eigenvalue weighted by molar-refractivity contribution is 0.170. The molecule has 0 bridgehead atoms. The first kappa shape index (κ1) is 11.6. The summed E-state index contributed by atoms with van der Waals surface area (Å²) in [5.41, 5.74) is 0.867. The van der Waals surface area contributed by atoms with E-state index in [1.54, 1.807) is 0 Å². The van der Waals surface area contributed by atoms with Crippen LogP contribution in [0.15, 0.2) is 6.07 Å². The fourth-order valence-corrected chi connectivity index (χ4v) is 2.63. The van der Waals surface area contributed by atoms with Crippen LogP contribution in [0, 0.1) is 5.82 Å². The van der Waals surface area contributed by atoms with Crippen molar-refractivity contribution >= 4 is 0 Å². The van der Waals surface area contributed by atoms with Gasteiger partial charge in [0.05, 0.1) is 7.11 Å². The second-order valence-electron chi connectivity index (χ2n) is 4.59. The average Bonchev–Trinajstić information content (AvgIpc) is 2.88. The van der Waals surface area contributed by atoms with Crippen molar-refractivity contribution in [2.75, 3.05) is 27.0 Å². The summed E-state index contributed by atoms with van der Waals surface area (Å²) in [7, 11) is 1.49. The van der Waals surface area contributed by atoms with E-state index in [-0.39, 0.29) is 24.2 Å². The quantitative estimate of drug-likeness (QED) is 0.875. The van der Waals surface area contributed by atoms with E-state index >= 15 is 0 Å². The van der Waals surface area contributed by atoms with Crippen LogP contribution >= 0.6 is 0 Å². The predicted molar refractivity (Wildman–Crippen MR) is 63.9 cm³/mol. The molecule has 1 unspecified atom stereocenters. The zero-order valence-electron chi connectivity index (χ0n) is 10.3. The molecule has 1 saturated heterocycles. The van der Waals surface area contributed by atoms with Crippen molar-refractivity contribution in [3.8, 4) is 17.2 Å². The Morgan fingerprint density at radius 3 is 3.06 bits per heavy atom. The molecule has 0 aliphatic carbocycles. The van der Waals surface area contributed by atoms with E-state index in [1.807, 2.05) is 6.07 Å². The largest absolute Gasteiger partial charge is 0.493 e. The highest BCUT2D eigenvalue weighted by Gasteiger charge is 2.29. The van der Waals surface area contributed by atoms with Gasteiger partial charge in [0.1, 0.15) is 0 Å². The summed E-state index contributed by atoms with van der Waals surface area (Å²) in [4.78, 5) is 0. The van der Waals surface area contributed by atoms with Crippen LogP contribution in [-0.2, 0) is 0 Å². The lowest BCUT2D eigenvalue weighted by Gasteiger charge is -2.25. The number of benzene rings is 1. The molecule has 0 saturated carbocycles. The van der Waals surface area contributed by atoms with Crippen LogP contribution in [-0.4, -0.2) is 27.0 Å². The molecule has 2 heterocycles. The summed E-state index contributed by atoms with van der Waals surface area (Å²) in [6, 6.07) is 1.85. The van der Waals surface area contributed by atoms with Crippen LogP contribution in [0.2, 0.25) is 0 Å². The van der Waals surface area contributed by atoms with Gasteiger partial charge >= 0.3 is 0 Å². The van der Waals surface area contributed by atoms with Crippen molar-refractivity contribution in [3.05, 3.63) is 17.4 Å². The van der Waals surface area contributed by atoms with Gasteiger partial charge in [0, 0.05) is 18.0 Å². The van der Waals surface area contributed by atoms with Crippen molar-refractivity contribution < 1.29 is 18.6 Å². The highest BCUT2D eigenvalue weighted by atomic mass is 19.1. The van der Waals surface area contributed by atoms with Gasteiger partial charge in [-0.15, -0.1) is 0 Å². The molecule has 98 valence electrons. The third kappa shape index (κ3) is 1.79. The number of hydrogen-bond donors (Lipinski definition) is 1. The number of rotatable bonds is 2. The Kier molecular flexibility index (Phi) is 2.99. The SMILES string of the molecule is COc1c(C2CCCNC2)cc2c(c1F)OCO2. The van der Waals surface area contributed by atoms with Crippen molar-refractivity contribution in [1.29, 1.82) is 0 Å². The number of piperidine rings is 1. The van der Waals surface area contributed by atoms with E-state index in [1.165, 1.54) is 7.11 Å². The van der Waals surface area contributed by atoms with Gasteiger partial charge in [-0.3, -0.25) is 0 Å². The molecule has 0 amide bonds. The van der Waals surface area contributed by atoms with E-state index in [4.69, 9.17) is 14.2 Å². The molecule has 0 aromatic heterocycles. The van der Waals surface area contributed by atoms with Gasteiger partial charge in [-0.2, -0.15) is 4.39 Å². The number of hydrogen-bond acceptors (Lipinski definition) is 4. The van der Waals surface area contributed by atoms with Crippen LogP contribution in [0.4, 0.5) is 4.39 Å². The van der Waals surface area contributed by atoms with Gasteiger partial charge < -0.3 is 19.5 Å². The smallest absolute Gasteiger partial charge is 0.231 e. The fraction of sp³-hybridized carbons (Fsp3) is 0.538. The lowest BCUT2D eigenvalue weighted by atomic mass is 9.90. The molecule has 1 atom stereocenters. The molecular weight excluding hydrogens is 237 g/mol. The van der Waals surface area contributed by atoms with Crippen molar-refractivity contribution in [1.82, 2.24) is 5.32 Å². The second kappa shape index (κ2) is 4.65. The molecule has 0 spiro atoms. The normalized spacial score (nSPS) is 22.0. The molecule has 1 aromatic carbocycles. The number of fused-ring (bicyclic) bond motifs is 1. The monoisotopic (exact) mass is 253 g/mol. The first-order valence-corrected chi connectivity index (χ1v) is 6.18. The van der Waals surface area contributed by atoms with Gasteiger partial charge in [0.2, 0.25) is 18.4 Å². The van der Waals surface area contributed by atoms with Gasteiger partial charge in [0.15, 0.2) is 11.5 Å². The molecule has 2 aliphatic rings. The summed E-state index contributed by atoms with van der Waals surface area (Å²) in [5.74, 6) is 0.743. The Bertz CT molecular complexity index is 458. The van der Waals surface area contributed by atoms with Crippen LogP contribution < -0.4 is 19.5 Å². The molecule has 1 aromatic rings. The molecule has 0 radical (unpaired) electrons. The Hall–Kier alpha value is -1.49. The number of halogens is 1. The van der Waals surface area contributed by atoms with Crippen molar-refractivity contribution in [3.63, 3.8) is 0 Å². The van der Waals surface area contributed by atoms with Crippen LogP contribution in [0.1, 0.15) is 24.3 Å². The van der Waals surface area contributed by atoms with Crippen LogP contribution in [0.3, 0.4) is 0 Å². The molecular formula is C13H16FNO3. The van der Waals surface area contributed by atoms with Crippen LogP contribution in [0.5, 0.6) is 17.2 Å². The molecule has 4 nitrogen and oxygen atoms in total. The molecule has 1 N–H and O–H groups in total. The Morgan fingerprint density at radius 2 is 2.33 bits per heavy atom. The first-order chi connectivity index (χ1) is 8.81. The number of ether oxygens (including phenoxy) is 3. The zero-order chi connectivity index (χ0) is 12.5. The number of nitrogens with one attached hydrogen (secondary N) is 1. The summed E-state index contributed by atoms with van der Waals surface area (Å²) in [6.45, 7) is 1.93. The Morgan fingerprint density at radius 1 is 1.44 bits per heavy atom. The van der Waals surface area contributed by atoms with E-state index in [0.717, 1.165) is 31.5 Å². The molecule has 2 aliphatic heterocycles. The predicted octanol–water partition coefficient (Wildman–Crippen LogP) is 2.03. The summed E-state index contributed by atoms with van der Waals surface area (Å²) >= 11 is 0. The fourth-order valence-electron chi connectivity index (χ4n) is 2.63. The standard InChI is InChI=1S/C13H16FNO3/c1-16-12-9(8-3-2-4-15-6-8)5-10-13(11(12)14)18-7-17-10/h5,8,15H,2-4,6-7H2,1H3. The maximum atomic E-state index is 14.2. The molecule has 5 heteroatoms. The average molecular weight is 253 g/mol. The minimum absolute atomic E-state index is 0.0712. The Labute approximate surface area is 105 Å². The maximum Gasteiger partial charge on any atom is 0.231 e. The van der Waals surface area contributed by atoms with E-state index < -0.39 is 5.82 Å². The first-order valence-electron chi connectivity index (χ1n) is 6.18. The second-order valence-corrected chi connectivity index (χ2v) is 4.59. The molecule has 1 fully saturated rings. The van der Waals surface area contributed by atoms with Crippen LogP contribution in [0.25, 0.3) is 0 Å². The van der Waals surface area contributed by atoms with Gasteiger partial charge in [0.25, 0.3) is 0 Å². The maximum absolute atomic E-state index is 14.2. The minimum atomic E-state index is -0.451. The molecule has 18 heavy (non-hydrogen) atoms. The van der Waals surface area contributed by atoms with E-state index in [2.05, 4.69) is 5.32 Å². The van der Waals surface area contributed by atoms with E-state index in [9.17, 15) is 4.39 Å². The highest BCUT2D eigenvalue weighted by molar-refractivity contribution is 5.54. The van der Waals surface area contributed by atoms with E-state index in [0.29, 0.717) is 5.75 Å². The zero-order valence-corrected chi connectivity index (χ0v) is 10.3. The van der Waals surface area contributed by atoms with Crippen molar-refractivity contribution in [2.45, 2.75) is 18.8 Å². The minimum Gasteiger partial charge on any atom is -0.493 e. The van der Waals surface area contributed by atoms with Gasteiger partial charge in [-0.05, 0) is 25.5 Å². The van der Waals surface area contributed by atoms with Gasteiger partial charge in [-0.1, -0.05) is 0 Å². The summed E-state index contributed by atoms with van der Waals surface area (Å²) in [6.07, 6.45) is 2.12. The Balaban J connectivity index is 2.04. The summed E-state index contributed by atoms with van der Waals surface area (Å²) < 4.78 is 29.8. The van der Waals surface area contributed by atoms with Crippen molar-refractivity contribution in [2.24, 2.45) is 0 Å². The number of methoxy groups -OCH3 is 1. The highest BCUT2D eigenvalue weighted by Crippen LogP contribution is 2.45. The third-order valence-electron chi connectivity index (χ3n) is 3.53. The lowest BCUT2D eigenvalue weighted by Crippen LogP contribution is -2.28.